The number of aliphatic hydroxyl groups excluding tert-OH is 1. The van der Waals surface area contributed by atoms with Crippen molar-refractivity contribution in [1.82, 2.24) is 0 Å². The van der Waals surface area contributed by atoms with Crippen molar-refractivity contribution in [3.8, 4) is 0 Å². The van der Waals surface area contributed by atoms with Crippen molar-refractivity contribution >= 4 is 11.8 Å². The molecule has 0 bridgehead atoms. The number of fused-ring (bicyclic) bond motifs is 7. The van der Waals surface area contributed by atoms with Gasteiger partial charge in [0.15, 0.2) is 0 Å². The smallest absolute Gasteiger partial charge is 0.310 e. The highest BCUT2D eigenvalue weighted by molar-refractivity contribution is 5.85. The maximum absolute atomic E-state index is 12.9. The van der Waals surface area contributed by atoms with Crippen molar-refractivity contribution in [2.24, 2.45) is 50.2 Å². The number of rotatable bonds is 2. The Morgan fingerprint density at radius 3 is 2.29 bits per heavy atom. The average Bonchev–Trinajstić information content (AvgIpc) is 2.76. The number of carbonyl (C=O) groups excluding carboxylic acids is 1. The van der Waals surface area contributed by atoms with Gasteiger partial charge in [0.1, 0.15) is 5.78 Å². The molecule has 0 aromatic heterocycles. The van der Waals surface area contributed by atoms with E-state index in [2.05, 4.69) is 47.6 Å². The normalized spacial score (nSPS) is 49.1. The van der Waals surface area contributed by atoms with Crippen LogP contribution in [-0.2, 0) is 9.59 Å². The van der Waals surface area contributed by atoms with Gasteiger partial charge < -0.3 is 10.2 Å². The third-order valence-corrected chi connectivity index (χ3v) is 12.8. The fourth-order valence-electron chi connectivity index (χ4n) is 10.4. The molecule has 0 aromatic carbocycles. The highest BCUT2D eigenvalue weighted by atomic mass is 16.4. The molecule has 0 unspecified atom stereocenters. The molecule has 0 heterocycles. The van der Waals surface area contributed by atoms with E-state index >= 15 is 0 Å². The lowest BCUT2D eigenvalue weighted by atomic mass is 9.33. The number of carboxylic acids is 1. The van der Waals surface area contributed by atoms with E-state index in [0.29, 0.717) is 18.1 Å². The molecule has 0 saturated heterocycles. The number of aliphatic carboxylic acids is 1. The van der Waals surface area contributed by atoms with Crippen LogP contribution in [0.3, 0.4) is 0 Å². The third kappa shape index (κ3) is 2.81. The molecule has 4 saturated carbocycles. The summed E-state index contributed by atoms with van der Waals surface area (Å²) in [6, 6.07) is 0. The highest BCUT2D eigenvalue weighted by Gasteiger charge is 2.70. The van der Waals surface area contributed by atoms with Crippen molar-refractivity contribution in [2.45, 2.75) is 106 Å². The van der Waals surface area contributed by atoms with E-state index < -0.39 is 11.4 Å². The maximum Gasteiger partial charge on any atom is 0.310 e. The Labute approximate surface area is 206 Å². The summed E-state index contributed by atoms with van der Waals surface area (Å²) >= 11 is 0. The third-order valence-electron chi connectivity index (χ3n) is 12.8. The molecule has 2 N–H and O–H groups in total. The van der Waals surface area contributed by atoms with Gasteiger partial charge in [0.25, 0.3) is 0 Å². The molecular weight excluding hydrogens is 424 g/mol. The predicted molar refractivity (Wildman–Crippen MR) is 133 cm³/mol. The minimum Gasteiger partial charge on any atom is -0.481 e. The number of Topliss-reactive ketones (excluding diaryl/α,β-unsaturated/α-hetero) is 1. The second-order valence-electron chi connectivity index (χ2n) is 14.7. The number of carbonyl (C=O) groups is 2. The van der Waals surface area contributed by atoms with Crippen molar-refractivity contribution in [2.75, 3.05) is 6.61 Å². The first-order valence-corrected chi connectivity index (χ1v) is 13.8. The Balaban J connectivity index is 1.62. The van der Waals surface area contributed by atoms with Gasteiger partial charge in [-0.2, -0.15) is 0 Å². The maximum atomic E-state index is 12.9. The lowest BCUT2D eigenvalue weighted by Crippen LogP contribution is -2.66. The Hall–Kier alpha value is -1.16. The average molecular weight is 471 g/mol. The quantitative estimate of drug-likeness (QED) is 0.457. The minimum atomic E-state index is -0.616. The van der Waals surface area contributed by atoms with E-state index in [4.69, 9.17) is 0 Å². The van der Waals surface area contributed by atoms with Crippen molar-refractivity contribution < 1.29 is 19.8 Å². The van der Waals surface area contributed by atoms with Crippen LogP contribution >= 0.6 is 0 Å². The Kier molecular flexibility index (Phi) is 5.20. The van der Waals surface area contributed by atoms with Gasteiger partial charge in [0.2, 0.25) is 0 Å². The van der Waals surface area contributed by atoms with Crippen LogP contribution in [0.15, 0.2) is 11.6 Å². The SMILES string of the molecule is CC1(C)CC[C@]2(C(=O)O)CC[C@]3(C)C(=CC[C@@H]4[C@@]5(CO)CCC(=O)C(C)(C)[C@@H]5CC[C@]43C)[C@@H]2C1. The topological polar surface area (TPSA) is 74.6 Å². The molecule has 0 amide bonds. The largest absolute Gasteiger partial charge is 0.481 e. The molecule has 34 heavy (non-hydrogen) atoms. The monoisotopic (exact) mass is 470 g/mol. The zero-order valence-corrected chi connectivity index (χ0v) is 22.3. The molecule has 0 aliphatic heterocycles. The van der Waals surface area contributed by atoms with E-state index in [1.807, 2.05) is 0 Å². The Bertz CT molecular complexity index is 945. The molecule has 4 heteroatoms. The summed E-state index contributed by atoms with van der Waals surface area (Å²) in [5.41, 5.74) is 0.331. The molecular formula is C30H46O4. The summed E-state index contributed by atoms with van der Waals surface area (Å²) < 4.78 is 0. The molecule has 7 atom stereocenters. The lowest BCUT2D eigenvalue weighted by molar-refractivity contribution is -0.203. The van der Waals surface area contributed by atoms with E-state index in [1.165, 1.54) is 5.57 Å². The van der Waals surface area contributed by atoms with E-state index in [1.54, 1.807) is 0 Å². The summed E-state index contributed by atoms with van der Waals surface area (Å²) in [6.07, 6.45) is 11.2. The Morgan fingerprint density at radius 2 is 1.65 bits per heavy atom. The van der Waals surface area contributed by atoms with Gasteiger partial charge >= 0.3 is 5.97 Å². The van der Waals surface area contributed by atoms with E-state index in [0.717, 1.165) is 57.8 Å². The fourth-order valence-corrected chi connectivity index (χ4v) is 10.4. The fraction of sp³-hybridized carbons (Fsp3) is 0.867. The number of aliphatic hydroxyl groups is 1. The van der Waals surface area contributed by atoms with Crippen LogP contribution in [0, 0.1) is 50.2 Å². The summed E-state index contributed by atoms with van der Waals surface area (Å²) in [5, 5.41) is 21.5. The molecule has 0 spiro atoms. The molecule has 5 aliphatic carbocycles. The van der Waals surface area contributed by atoms with Gasteiger partial charge in [-0.15, -0.1) is 0 Å². The van der Waals surface area contributed by atoms with Gasteiger partial charge in [-0.05, 0) is 91.8 Å². The molecule has 4 fully saturated rings. The van der Waals surface area contributed by atoms with E-state index in [9.17, 15) is 19.8 Å². The van der Waals surface area contributed by atoms with Gasteiger partial charge in [0.05, 0.1) is 5.41 Å². The van der Waals surface area contributed by atoms with Crippen LogP contribution in [0.4, 0.5) is 0 Å². The predicted octanol–water partition coefficient (Wildman–Crippen LogP) is 6.41. The first-order chi connectivity index (χ1) is 15.7. The van der Waals surface area contributed by atoms with Crippen LogP contribution < -0.4 is 0 Å². The molecule has 4 nitrogen and oxygen atoms in total. The number of ketones is 1. The molecule has 0 radical (unpaired) electrons. The second-order valence-corrected chi connectivity index (χ2v) is 14.7. The summed E-state index contributed by atoms with van der Waals surface area (Å²) in [7, 11) is 0. The standard InChI is InChI=1S/C30H46O4/c1-25(2)13-15-29(24(33)34)16-14-27(5)19(20(29)17-25)7-8-22-28(27,6)11-9-21-26(3,4)23(32)10-12-30(21,22)18-31/h7,20-22,31H,8-18H2,1-6H3,(H,33,34)/t20-,21-,22-,27+,28+,29-,30+/m0/s1. The number of hydrogen-bond acceptors (Lipinski definition) is 3. The van der Waals surface area contributed by atoms with Gasteiger partial charge in [0, 0.05) is 23.9 Å². The highest BCUT2D eigenvalue weighted by Crippen LogP contribution is 2.75. The van der Waals surface area contributed by atoms with Crippen molar-refractivity contribution in [3.63, 3.8) is 0 Å². The van der Waals surface area contributed by atoms with Crippen molar-refractivity contribution in [3.05, 3.63) is 11.6 Å². The molecule has 5 rings (SSSR count). The number of hydrogen-bond donors (Lipinski definition) is 2. The van der Waals surface area contributed by atoms with Crippen LogP contribution in [0.5, 0.6) is 0 Å². The number of allylic oxidation sites excluding steroid dienone is 2. The lowest BCUT2D eigenvalue weighted by Gasteiger charge is -2.70. The first kappa shape index (κ1) is 24.5. The zero-order valence-electron chi connectivity index (χ0n) is 22.3. The van der Waals surface area contributed by atoms with Gasteiger partial charge in [-0.25, -0.2) is 0 Å². The minimum absolute atomic E-state index is 0.0129. The summed E-state index contributed by atoms with van der Waals surface area (Å²) in [5.74, 6) is 0.428. The van der Waals surface area contributed by atoms with Crippen molar-refractivity contribution in [1.29, 1.82) is 0 Å². The zero-order chi connectivity index (χ0) is 24.9. The van der Waals surface area contributed by atoms with Crippen LogP contribution in [0.25, 0.3) is 0 Å². The van der Waals surface area contributed by atoms with E-state index in [-0.39, 0.29) is 45.5 Å². The van der Waals surface area contributed by atoms with Gasteiger partial charge in [-0.1, -0.05) is 53.2 Å². The molecule has 190 valence electrons. The second kappa shape index (κ2) is 7.20. The first-order valence-electron chi connectivity index (χ1n) is 13.8. The number of carboxylic acid groups (broad SMARTS) is 1. The summed E-state index contributed by atoms with van der Waals surface area (Å²) in [6.45, 7) is 13.9. The molecule has 5 aliphatic rings. The van der Waals surface area contributed by atoms with Gasteiger partial charge in [-0.3, -0.25) is 9.59 Å². The summed E-state index contributed by atoms with van der Waals surface area (Å²) in [4.78, 5) is 25.7. The van der Waals surface area contributed by atoms with Crippen LogP contribution in [0.2, 0.25) is 0 Å². The van der Waals surface area contributed by atoms with Crippen LogP contribution in [0.1, 0.15) is 106 Å². The molecule has 0 aromatic rings. The Morgan fingerprint density at radius 1 is 0.971 bits per heavy atom. The van der Waals surface area contributed by atoms with Crippen LogP contribution in [-0.4, -0.2) is 28.6 Å².